The topological polar surface area (TPSA) is 55.8 Å². The molecule has 0 aromatic heterocycles. The molecular weight excluding hydrogens is 691 g/mol. The van der Waals surface area contributed by atoms with Crippen LogP contribution >= 0.6 is 80.8 Å². The van der Waals surface area contributed by atoms with E-state index in [-0.39, 0.29) is 24.3 Å². The minimum atomic E-state index is -0.383. The molecule has 1 saturated heterocycles. The fraction of sp³-hybridized carbons (Fsp3) is 0.154. The van der Waals surface area contributed by atoms with Crippen molar-refractivity contribution in [3.63, 3.8) is 0 Å². The number of ether oxygens (including phenoxy) is 2. The molecule has 0 atom stereocenters. The Kier molecular flexibility index (Phi) is 9.58. The highest BCUT2D eigenvalue weighted by Gasteiger charge is 2.35. The van der Waals surface area contributed by atoms with Crippen LogP contribution in [0, 0.1) is 3.57 Å². The first-order valence-corrected chi connectivity index (χ1v) is 14.3. The molecule has 1 heterocycles. The molecule has 0 bridgehead atoms. The summed E-state index contributed by atoms with van der Waals surface area (Å²) in [6, 6.07) is 13.9. The van der Waals surface area contributed by atoms with E-state index in [4.69, 9.17) is 55.9 Å². The van der Waals surface area contributed by atoms with Crippen molar-refractivity contribution in [2.45, 2.75) is 20.1 Å². The average molecular weight is 709 g/mol. The van der Waals surface area contributed by atoms with E-state index < -0.39 is 0 Å². The minimum absolute atomic E-state index is 0.0979. The maximum absolute atomic E-state index is 13.0. The molecule has 0 aliphatic carbocycles. The van der Waals surface area contributed by atoms with Crippen molar-refractivity contribution >= 4 is 98.0 Å². The lowest BCUT2D eigenvalue weighted by molar-refractivity contribution is -0.123. The summed E-state index contributed by atoms with van der Waals surface area (Å²) in [4.78, 5) is 27.1. The molecule has 1 aliphatic rings. The molecule has 0 radical (unpaired) electrons. The van der Waals surface area contributed by atoms with Gasteiger partial charge in [0.15, 0.2) is 11.5 Å². The Labute approximate surface area is 252 Å². The van der Waals surface area contributed by atoms with Crippen LogP contribution in [0.15, 0.2) is 53.4 Å². The normalized spacial score (nSPS) is 14.5. The molecule has 1 fully saturated rings. The Morgan fingerprint density at radius 1 is 0.946 bits per heavy atom. The third-order valence-corrected chi connectivity index (χ3v) is 8.25. The predicted octanol–water partition coefficient (Wildman–Crippen LogP) is 9.12. The SMILES string of the molecule is CCOc1cc(/C=C2/SC(=O)N(Cc3ccc(Cl)c(Cl)c3)C2=O)cc(I)c1OCc1ccc(Cl)cc1Cl. The lowest BCUT2D eigenvalue weighted by Crippen LogP contribution is -2.27. The number of nitrogens with zero attached hydrogens (tertiary/aromatic N) is 1. The van der Waals surface area contributed by atoms with E-state index in [0.717, 1.165) is 20.9 Å². The molecule has 1 aliphatic heterocycles. The number of thioether (sulfide) groups is 1. The second-order valence-electron chi connectivity index (χ2n) is 7.80. The van der Waals surface area contributed by atoms with E-state index in [1.165, 1.54) is 4.90 Å². The van der Waals surface area contributed by atoms with Gasteiger partial charge in [-0.2, -0.15) is 0 Å². The third-order valence-electron chi connectivity index (χ3n) is 5.21. The van der Waals surface area contributed by atoms with E-state index in [9.17, 15) is 9.59 Å². The molecule has 11 heteroatoms. The van der Waals surface area contributed by atoms with Crippen LogP contribution in [0.5, 0.6) is 11.5 Å². The van der Waals surface area contributed by atoms with Gasteiger partial charge in [-0.15, -0.1) is 0 Å². The van der Waals surface area contributed by atoms with Gasteiger partial charge in [0.05, 0.1) is 31.7 Å². The largest absolute Gasteiger partial charge is 0.490 e. The van der Waals surface area contributed by atoms with Gasteiger partial charge in [-0.3, -0.25) is 14.5 Å². The Hall–Kier alpha value is -1.62. The molecular formula is C26H18Cl4INO4S. The van der Waals surface area contributed by atoms with Crippen molar-refractivity contribution in [3.8, 4) is 11.5 Å². The maximum Gasteiger partial charge on any atom is 0.293 e. The number of amides is 2. The van der Waals surface area contributed by atoms with E-state index in [2.05, 4.69) is 22.6 Å². The van der Waals surface area contributed by atoms with Crippen LogP contribution in [-0.4, -0.2) is 22.7 Å². The van der Waals surface area contributed by atoms with E-state index in [0.29, 0.717) is 54.2 Å². The number of benzene rings is 3. The van der Waals surface area contributed by atoms with Crippen molar-refractivity contribution in [2.24, 2.45) is 0 Å². The third kappa shape index (κ3) is 6.88. The van der Waals surface area contributed by atoms with Gasteiger partial charge >= 0.3 is 0 Å². The van der Waals surface area contributed by atoms with Crippen molar-refractivity contribution in [1.82, 2.24) is 4.90 Å². The lowest BCUT2D eigenvalue weighted by atomic mass is 10.1. The number of hydrogen-bond donors (Lipinski definition) is 0. The summed E-state index contributed by atoms with van der Waals surface area (Å²) in [5.41, 5.74) is 2.18. The molecule has 0 N–H and O–H groups in total. The Morgan fingerprint density at radius 2 is 1.73 bits per heavy atom. The molecule has 5 nitrogen and oxygen atoms in total. The smallest absolute Gasteiger partial charge is 0.293 e. The first-order valence-electron chi connectivity index (χ1n) is 10.9. The summed E-state index contributed by atoms with van der Waals surface area (Å²) in [6.45, 7) is 2.60. The summed E-state index contributed by atoms with van der Waals surface area (Å²) in [5.74, 6) is 0.686. The van der Waals surface area contributed by atoms with E-state index in [1.54, 1.807) is 48.5 Å². The summed E-state index contributed by atoms with van der Waals surface area (Å²) in [7, 11) is 0. The Bertz CT molecular complexity index is 1420. The van der Waals surface area contributed by atoms with Crippen LogP contribution in [0.1, 0.15) is 23.6 Å². The van der Waals surface area contributed by atoms with E-state index in [1.807, 2.05) is 13.0 Å². The van der Waals surface area contributed by atoms with Crippen LogP contribution in [0.2, 0.25) is 20.1 Å². The van der Waals surface area contributed by atoms with Gasteiger partial charge < -0.3 is 9.47 Å². The molecule has 0 saturated carbocycles. The quantitative estimate of drug-likeness (QED) is 0.173. The van der Waals surface area contributed by atoms with Crippen LogP contribution in [0.4, 0.5) is 4.79 Å². The fourth-order valence-corrected chi connectivity index (χ4v) is 5.87. The number of carbonyl (C=O) groups is 2. The molecule has 192 valence electrons. The zero-order valence-electron chi connectivity index (χ0n) is 19.2. The van der Waals surface area contributed by atoms with Crippen LogP contribution < -0.4 is 9.47 Å². The molecule has 37 heavy (non-hydrogen) atoms. The van der Waals surface area contributed by atoms with Crippen molar-refractivity contribution in [2.75, 3.05) is 6.61 Å². The number of rotatable bonds is 8. The van der Waals surface area contributed by atoms with Crippen LogP contribution in [0.25, 0.3) is 6.08 Å². The molecule has 2 amide bonds. The highest BCUT2D eigenvalue weighted by Crippen LogP contribution is 2.39. The van der Waals surface area contributed by atoms with Crippen molar-refractivity contribution in [1.29, 1.82) is 0 Å². The Morgan fingerprint density at radius 3 is 2.43 bits per heavy atom. The monoisotopic (exact) mass is 707 g/mol. The zero-order chi connectivity index (χ0) is 26.7. The minimum Gasteiger partial charge on any atom is -0.490 e. The summed E-state index contributed by atoms with van der Waals surface area (Å²) in [6.07, 6.45) is 1.67. The van der Waals surface area contributed by atoms with Gasteiger partial charge in [0, 0.05) is 15.6 Å². The summed E-state index contributed by atoms with van der Waals surface area (Å²) in [5, 5.41) is 1.46. The average Bonchev–Trinajstić information content (AvgIpc) is 3.09. The summed E-state index contributed by atoms with van der Waals surface area (Å²) >= 11 is 27.3. The first-order chi connectivity index (χ1) is 17.7. The number of hydrogen-bond acceptors (Lipinski definition) is 5. The van der Waals surface area contributed by atoms with Gasteiger partial charge in [0.2, 0.25) is 0 Å². The van der Waals surface area contributed by atoms with Gasteiger partial charge in [-0.05, 0) is 94.9 Å². The second kappa shape index (κ2) is 12.5. The van der Waals surface area contributed by atoms with Gasteiger partial charge in [-0.1, -0.05) is 58.5 Å². The first kappa shape index (κ1) is 28.4. The van der Waals surface area contributed by atoms with Crippen LogP contribution in [-0.2, 0) is 17.9 Å². The molecule has 3 aromatic rings. The number of imide groups is 1. The number of halogens is 5. The standard InChI is InChI=1S/C26H18Cl4INO4S/c1-2-35-22-9-15(8-21(31)24(22)36-13-16-4-5-17(27)11-19(16)29)10-23-25(33)32(26(34)37-23)12-14-3-6-18(28)20(30)7-14/h3-11H,2,12-13H2,1H3/b23-10+. The fourth-order valence-electron chi connectivity index (χ4n) is 3.47. The molecule has 4 rings (SSSR count). The molecule has 0 unspecified atom stereocenters. The zero-order valence-corrected chi connectivity index (χ0v) is 25.2. The van der Waals surface area contributed by atoms with Gasteiger partial charge in [0.25, 0.3) is 11.1 Å². The predicted molar refractivity (Wildman–Crippen MR) is 159 cm³/mol. The Balaban J connectivity index is 1.55. The van der Waals surface area contributed by atoms with Gasteiger partial charge in [0.1, 0.15) is 6.61 Å². The molecule has 3 aromatic carbocycles. The van der Waals surface area contributed by atoms with Crippen molar-refractivity contribution < 1.29 is 19.1 Å². The highest BCUT2D eigenvalue weighted by molar-refractivity contribution is 14.1. The maximum atomic E-state index is 13.0. The molecule has 0 spiro atoms. The highest BCUT2D eigenvalue weighted by atomic mass is 127. The van der Waals surface area contributed by atoms with Crippen molar-refractivity contribution in [3.05, 3.63) is 93.8 Å². The van der Waals surface area contributed by atoms with Crippen LogP contribution in [0.3, 0.4) is 0 Å². The summed E-state index contributed by atoms with van der Waals surface area (Å²) < 4.78 is 12.7. The lowest BCUT2D eigenvalue weighted by Gasteiger charge is -2.15. The second-order valence-corrected chi connectivity index (χ2v) is 11.6. The van der Waals surface area contributed by atoms with Gasteiger partial charge in [-0.25, -0.2) is 0 Å². The number of carbonyl (C=O) groups excluding carboxylic acids is 2. The van der Waals surface area contributed by atoms with E-state index >= 15 is 0 Å².